The van der Waals surface area contributed by atoms with Crippen molar-refractivity contribution in [3.63, 3.8) is 0 Å². The van der Waals surface area contributed by atoms with Gasteiger partial charge in [-0.25, -0.2) is 9.78 Å². The maximum atomic E-state index is 13.6. The molecule has 2 saturated carbocycles. The molecule has 0 bridgehead atoms. The lowest BCUT2D eigenvalue weighted by atomic mass is 9.94. The highest BCUT2D eigenvalue weighted by molar-refractivity contribution is 6.05. The van der Waals surface area contributed by atoms with Crippen LogP contribution in [0.4, 0.5) is 5.69 Å². The number of carboxylic acid groups (broad SMARTS) is 1. The van der Waals surface area contributed by atoms with Gasteiger partial charge in [-0.2, -0.15) is 0 Å². The number of benzene rings is 2. The standard InChI is InChI=1S/C34H35N5O4/c40-30(41)18-13-23-11-15-25(16-12-23)36-33(43)34(19-5-6-20-34)38-32(42)24-14-17-29-28(22-24)37-31(27-10-4-7-21-35-27)39(29)26-8-2-1-3-9-26/h4,7,10-18,21-22,26H,1-3,5-6,8-9,19-20H2,(H,36,43)(H,38,42)(H,40,41)/b18-13+. The number of carboxylic acids is 1. The number of nitrogens with one attached hydrogen (secondary N) is 2. The van der Waals surface area contributed by atoms with E-state index in [1.807, 2.05) is 36.4 Å². The summed E-state index contributed by atoms with van der Waals surface area (Å²) in [5.41, 5.74) is 3.25. The van der Waals surface area contributed by atoms with Gasteiger partial charge in [-0.05, 0) is 79.8 Å². The molecule has 0 unspecified atom stereocenters. The minimum absolute atomic E-state index is 0.257. The Morgan fingerprint density at radius 1 is 0.930 bits per heavy atom. The Morgan fingerprint density at radius 2 is 1.70 bits per heavy atom. The number of nitrogens with zero attached hydrogens (tertiary/aromatic N) is 3. The van der Waals surface area contributed by atoms with E-state index in [4.69, 9.17) is 10.1 Å². The quantitative estimate of drug-likeness (QED) is 0.209. The molecule has 0 aliphatic heterocycles. The van der Waals surface area contributed by atoms with Crippen molar-refractivity contribution in [3.05, 3.63) is 84.1 Å². The van der Waals surface area contributed by atoms with E-state index >= 15 is 0 Å². The van der Waals surface area contributed by atoms with Gasteiger partial charge in [0.25, 0.3) is 5.91 Å². The zero-order valence-electron chi connectivity index (χ0n) is 24.0. The van der Waals surface area contributed by atoms with Gasteiger partial charge < -0.3 is 20.3 Å². The molecule has 2 aromatic carbocycles. The smallest absolute Gasteiger partial charge is 0.328 e. The van der Waals surface area contributed by atoms with Gasteiger partial charge in [0.05, 0.1) is 11.0 Å². The predicted molar refractivity (Wildman–Crippen MR) is 165 cm³/mol. The van der Waals surface area contributed by atoms with Crippen molar-refractivity contribution in [2.24, 2.45) is 0 Å². The molecule has 0 atom stereocenters. The number of carbonyl (C=O) groups excluding carboxylic acids is 2. The van der Waals surface area contributed by atoms with Crippen LogP contribution in [0.25, 0.3) is 28.6 Å². The highest BCUT2D eigenvalue weighted by Gasteiger charge is 2.42. The van der Waals surface area contributed by atoms with Crippen molar-refractivity contribution in [3.8, 4) is 11.5 Å². The van der Waals surface area contributed by atoms with Crippen molar-refractivity contribution < 1.29 is 19.5 Å². The maximum absolute atomic E-state index is 13.6. The summed E-state index contributed by atoms with van der Waals surface area (Å²) in [6.07, 6.45) is 12.9. The van der Waals surface area contributed by atoms with Crippen LogP contribution in [0.1, 0.15) is 79.8 Å². The summed E-state index contributed by atoms with van der Waals surface area (Å²) < 4.78 is 2.30. The second-order valence-electron chi connectivity index (χ2n) is 11.5. The molecule has 3 N–H and O–H groups in total. The number of hydrogen-bond donors (Lipinski definition) is 3. The highest BCUT2D eigenvalue weighted by atomic mass is 16.4. The number of hydrogen-bond acceptors (Lipinski definition) is 5. The molecule has 2 aromatic heterocycles. The van der Waals surface area contributed by atoms with Crippen LogP contribution < -0.4 is 10.6 Å². The molecule has 9 nitrogen and oxygen atoms in total. The van der Waals surface area contributed by atoms with Crippen molar-refractivity contribution in [2.75, 3.05) is 5.32 Å². The maximum Gasteiger partial charge on any atom is 0.328 e. The first kappa shape index (κ1) is 28.3. The molecule has 220 valence electrons. The van der Waals surface area contributed by atoms with Gasteiger partial charge in [0.15, 0.2) is 5.82 Å². The number of aromatic nitrogens is 3. The minimum atomic E-state index is -1.03. The van der Waals surface area contributed by atoms with Crippen LogP contribution in [0.15, 0.2) is 72.9 Å². The van der Waals surface area contributed by atoms with Crippen molar-refractivity contribution in [1.29, 1.82) is 0 Å². The number of pyridine rings is 1. The number of imidazole rings is 1. The van der Waals surface area contributed by atoms with Gasteiger partial charge in [0.2, 0.25) is 5.91 Å². The molecule has 4 aromatic rings. The normalized spacial score (nSPS) is 16.8. The molecule has 0 saturated heterocycles. The molecule has 0 radical (unpaired) electrons. The average Bonchev–Trinajstić information content (AvgIpc) is 3.67. The molecule has 2 aliphatic carbocycles. The Morgan fingerprint density at radius 3 is 2.40 bits per heavy atom. The Labute approximate surface area is 250 Å². The Hall–Kier alpha value is -4.79. The van der Waals surface area contributed by atoms with Crippen molar-refractivity contribution >= 4 is 40.6 Å². The summed E-state index contributed by atoms with van der Waals surface area (Å²) in [7, 11) is 0. The summed E-state index contributed by atoms with van der Waals surface area (Å²) in [5, 5.41) is 14.9. The van der Waals surface area contributed by atoms with E-state index in [0.29, 0.717) is 35.7 Å². The van der Waals surface area contributed by atoms with Crippen molar-refractivity contribution in [2.45, 2.75) is 69.4 Å². The summed E-state index contributed by atoms with van der Waals surface area (Å²) in [6.45, 7) is 0. The van der Waals surface area contributed by atoms with Crippen molar-refractivity contribution in [1.82, 2.24) is 19.9 Å². The van der Waals surface area contributed by atoms with E-state index < -0.39 is 11.5 Å². The SMILES string of the molecule is O=C(O)/C=C/c1ccc(NC(=O)C2(NC(=O)c3ccc4c(c3)nc(-c3ccccn3)n4C3CCCCC3)CCCC2)cc1. The number of fused-ring (bicyclic) bond motifs is 1. The molecule has 2 fully saturated rings. The van der Waals surface area contributed by atoms with Crippen LogP contribution >= 0.6 is 0 Å². The highest BCUT2D eigenvalue weighted by Crippen LogP contribution is 2.36. The first-order valence-corrected chi connectivity index (χ1v) is 15.0. The van der Waals surface area contributed by atoms with E-state index in [1.165, 1.54) is 25.3 Å². The van der Waals surface area contributed by atoms with Crippen LogP contribution in [0, 0.1) is 0 Å². The summed E-state index contributed by atoms with van der Waals surface area (Å²) >= 11 is 0. The van der Waals surface area contributed by atoms with E-state index in [-0.39, 0.29) is 11.8 Å². The second-order valence-corrected chi connectivity index (χ2v) is 11.5. The van der Waals surface area contributed by atoms with Gasteiger partial charge in [-0.15, -0.1) is 0 Å². The molecular formula is C34H35N5O4. The van der Waals surface area contributed by atoms with E-state index in [0.717, 1.165) is 54.3 Å². The molecule has 6 rings (SSSR count). The Kier molecular flexibility index (Phi) is 8.05. The fourth-order valence-electron chi connectivity index (χ4n) is 6.40. The van der Waals surface area contributed by atoms with E-state index in [1.54, 1.807) is 30.5 Å². The number of aliphatic carboxylic acids is 1. The third-order valence-corrected chi connectivity index (χ3v) is 8.62. The fraction of sp³-hybridized carbons (Fsp3) is 0.324. The van der Waals surface area contributed by atoms with Crippen LogP contribution in [0.3, 0.4) is 0 Å². The van der Waals surface area contributed by atoms with Gasteiger partial charge in [0.1, 0.15) is 11.2 Å². The summed E-state index contributed by atoms with van der Waals surface area (Å²) in [4.78, 5) is 47.5. The summed E-state index contributed by atoms with van der Waals surface area (Å²) in [6, 6.07) is 18.7. The second kappa shape index (κ2) is 12.2. The lowest BCUT2D eigenvalue weighted by molar-refractivity contribution is -0.131. The molecular weight excluding hydrogens is 542 g/mol. The Bertz CT molecular complexity index is 1660. The zero-order valence-corrected chi connectivity index (χ0v) is 24.0. The summed E-state index contributed by atoms with van der Waals surface area (Å²) in [5.74, 6) is -0.773. The average molecular weight is 578 g/mol. The molecule has 43 heavy (non-hydrogen) atoms. The molecule has 0 spiro atoms. The number of rotatable bonds is 8. The minimum Gasteiger partial charge on any atom is -0.478 e. The largest absolute Gasteiger partial charge is 0.478 e. The third kappa shape index (κ3) is 6.07. The molecule has 2 aliphatic rings. The Balaban J connectivity index is 1.24. The number of amides is 2. The monoisotopic (exact) mass is 577 g/mol. The van der Waals surface area contributed by atoms with Crippen LogP contribution in [0.2, 0.25) is 0 Å². The fourth-order valence-corrected chi connectivity index (χ4v) is 6.40. The molecule has 9 heteroatoms. The van der Waals surface area contributed by atoms with Crippen LogP contribution in [-0.2, 0) is 9.59 Å². The van der Waals surface area contributed by atoms with E-state index in [9.17, 15) is 14.4 Å². The topological polar surface area (TPSA) is 126 Å². The lowest BCUT2D eigenvalue weighted by Gasteiger charge is -2.29. The first-order valence-electron chi connectivity index (χ1n) is 15.0. The molecule has 2 amide bonds. The zero-order chi connectivity index (χ0) is 29.8. The lowest BCUT2D eigenvalue weighted by Crippen LogP contribution is -2.55. The van der Waals surface area contributed by atoms with Crippen LogP contribution in [0.5, 0.6) is 0 Å². The van der Waals surface area contributed by atoms with Gasteiger partial charge in [-0.1, -0.05) is 50.3 Å². The third-order valence-electron chi connectivity index (χ3n) is 8.62. The number of anilines is 1. The first-order chi connectivity index (χ1) is 20.9. The molecule has 2 heterocycles. The predicted octanol–water partition coefficient (Wildman–Crippen LogP) is 6.38. The van der Waals surface area contributed by atoms with Crippen LogP contribution in [-0.4, -0.2) is 43.0 Å². The van der Waals surface area contributed by atoms with E-state index in [2.05, 4.69) is 20.2 Å². The van der Waals surface area contributed by atoms with Gasteiger partial charge in [-0.3, -0.25) is 14.6 Å². The van der Waals surface area contributed by atoms with Gasteiger partial charge >= 0.3 is 5.97 Å². The van der Waals surface area contributed by atoms with Gasteiger partial charge in [0, 0.05) is 29.6 Å². The number of carbonyl (C=O) groups is 3.